The summed E-state index contributed by atoms with van der Waals surface area (Å²) in [6, 6.07) is 8.74. The monoisotopic (exact) mass is 423 g/mol. The second-order valence-electron chi connectivity index (χ2n) is 5.56. The first-order valence-corrected chi connectivity index (χ1v) is 8.81. The Balaban J connectivity index is 1.93. The van der Waals surface area contributed by atoms with Crippen LogP contribution in [0.1, 0.15) is 11.1 Å². The molecule has 0 saturated heterocycles. The van der Waals surface area contributed by atoms with E-state index in [2.05, 4.69) is 21.2 Å². The number of rotatable bonds is 8. The molecule has 0 bridgehead atoms. The van der Waals surface area contributed by atoms with Crippen LogP contribution in [0.4, 0.5) is 0 Å². The summed E-state index contributed by atoms with van der Waals surface area (Å²) in [7, 11) is 4.62. The van der Waals surface area contributed by atoms with Crippen molar-refractivity contribution in [3.05, 3.63) is 45.9 Å². The zero-order valence-electron chi connectivity index (χ0n) is 15.0. The minimum Gasteiger partial charge on any atom is -0.504 e. The normalized spacial score (nSPS) is 10.3. The number of amides is 1. The van der Waals surface area contributed by atoms with Crippen molar-refractivity contribution in [3.8, 4) is 23.0 Å². The van der Waals surface area contributed by atoms with Crippen LogP contribution in [-0.4, -0.2) is 38.9 Å². The Hall–Kier alpha value is -2.41. The van der Waals surface area contributed by atoms with Gasteiger partial charge in [-0.25, -0.2) is 0 Å². The first kappa shape index (κ1) is 19.9. The molecule has 0 fully saturated rings. The minimum absolute atomic E-state index is 0.0938. The van der Waals surface area contributed by atoms with E-state index in [1.807, 2.05) is 6.07 Å². The van der Waals surface area contributed by atoms with Crippen LogP contribution in [0, 0.1) is 0 Å². The van der Waals surface area contributed by atoms with Crippen molar-refractivity contribution in [3.63, 3.8) is 0 Å². The molecule has 2 aromatic rings. The summed E-state index contributed by atoms with van der Waals surface area (Å²) in [6.07, 6.45) is 0.856. The molecule has 0 aliphatic carbocycles. The molecule has 140 valence electrons. The lowest BCUT2D eigenvalue weighted by Gasteiger charge is -2.13. The lowest BCUT2D eigenvalue weighted by atomic mass is 10.1. The number of benzene rings is 2. The smallest absolute Gasteiger partial charge is 0.224 e. The number of halogens is 1. The standard InChI is InChI=1S/C19H22BrNO5/c1-24-15-7-5-13(18(20)19(15)26-3)11-17(23)21-9-8-12-4-6-14(22)16(10-12)25-2/h4-7,10,22H,8-9,11H2,1-3H3,(H,21,23). The summed E-state index contributed by atoms with van der Waals surface area (Å²) in [5.74, 6) is 1.59. The molecule has 0 aliphatic heterocycles. The SMILES string of the molecule is COc1cc(CCNC(=O)Cc2ccc(OC)c(OC)c2Br)ccc1O. The van der Waals surface area contributed by atoms with E-state index in [0.717, 1.165) is 11.1 Å². The predicted octanol–water partition coefficient (Wildman–Crippen LogP) is 3.08. The van der Waals surface area contributed by atoms with Crippen LogP contribution < -0.4 is 19.5 Å². The molecule has 0 unspecified atom stereocenters. The number of methoxy groups -OCH3 is 3. The van der Waals surface area contributed by atoms with E-state index < -0.39 is 0 Å². The highest BCUT2D eigenvalue weighted by molar-refractivity contribution is 9.10. The van der Waals surface area contributed by atoms with Crippen LogP contribution in [-0.2, 0) is 17.6 Å². The van der Waals surface area contributed by atoms with Gasteiger partial charge in [0.1, 0.15) is 0 Å². The topological polar surface area (TPSA) is 77.0 Å². The average Bonchev–Trinajstić information content (AvgIpc) is 2.64. The Kier molecular flexibility index (Phi) is 7.15. The van der Waals surface area contributed by atoms with Gasteiger partial charge in [-0.15, -0.1) is 0 Å². The summed E-state index contributed by atoms with van der Waals surface area (Å²) in [6.45, 7) is 0.484. The third kappa shape index (κ3) is 4.82. The Labute approximate surface area is 161 Å². The summed E-state index contributed by atoms with van der Waals surface area (Å²) < 4.78 is 16.3. The summed E-state index contributed by atoms with van der Waals surface area (Å²) >= 11 is 3.47. The van der Waals surface area contributed by atoms with Gasteiger partial charge in [0.25, 0.3) is 0 Å². The molecule has 0 radical (unpaired) electrons. The Morgan fingerprint density at radius 1 is 1.08 bits per heavy atom. The van der Waals surface area contributed by atoms with Gasteiger partial charge in [0.15, 0.2) is 23.0 Å². The van der Waals surface area contributed by atoms with Crippen LogP contribution in [0.5, 0.6) is 23.0 Å². The van der Waals surface area contributed by atoms with Crippen molar-refractivity contribution >= 4 is 21.8 Å². The molecule has 2 aromatic carbocycles. The van der Waals surface area contributed by atoms with Crippen LogP contribution in [0.25, 0.3) is 0 Å². The van der Waals surface area contributed by atoms with Crippen molar-refractivity contribution < 1.29 is 24.1 Å². The highest BCUT2D eigenvalue weighted by atomic mass is 79.9. The Bertz CT molecular complexity index is 779. The maximum atomic E-state index is 12.2. The second kappa shape index (κ2) is 9.33. The molecule has 2 N–H and O–H groups in total. The molecule has 6 nitrogen and oxygen atoms in total. The molecule has 0 heterocycles. The first-order chi connectivity index (χ1) is 12.5. The van der Waals surface area contributed by atoms with E-state index in [-0.39, 0.29) is 18.1 Å². The number of nitrogens with one attached hydrogen (secondary N) is 1. The van der Waals surface area contributed by atoms with Crippen LogP contribution in [0.3, 0.4) is 0 Å². The molecule has 2 rings (SSSR count). The number of hydrogen-bond acceptors (Lipinski definition) is 5. The fourth-order valence-electron chi connectivity index (χ4n) is 2.53. The van der Waals surface area contributed by atoms with Crippen LogP contribution in [0.2, 0.25) is 0 Å². The summed E-state index contributed by atoms with van der Waals surface area (Å²) in [5.41, 5.74) is 1.78. The number of phenols is 1. The quantitative estimate of drug-likeness (QED) is 0.681. The molecule has 1 amide bonds. The molecule has 0 atom stereocenters. The summed E-state index contributed by atoms with van der Waals surface area (Å²) in [4.78, 5) is 12.2. The van der Waals surface area contributed by atoms with E-state index >= 15 is 0 Å². The molecular weight excluding hydrogens is 402 g/mol. The highest BCUT2D eigenvalue weighted by Gasteiger charge is 2.15. The largest absolute Gasteiger partial charge is 0.504 e. The highest BCUT2D eigenvalue weighted by Crippen LogP contribution is 2.37. The summed E-state index contributed by atoms with van der Waals surface area (Å²) in [5, 5.41) is 12.5. The second-order valence-corrected chi connectivity index (χ2v) is 6.35. The van der Waals surface area contributed by atoms with Gasteiger partial charge in [0, 0.05) is 6.54 Å². The van der Waals surface area contributed by atoms with Crippen LogP contribution in [0.15, 0.2) is 34.8 Å². The van der Waals surface area contributed by atoms with Crippen molar-refractivity contribution in [2.75, 3.05) is 27.9 Å². The Morgan fingerprint density at radius 2 is 1.81 bits per heavy atom. The third-order valence-corrected chi connectivity index (χ3v) is 4.77. The minimum atomic E-state index is -0.0938. The lowest BCUT2D eigenvalue weighted by molar-refractivity contribution is -0.120. The fourth-order valence-corrected chi connectivity index (χ4v) is 3.16. The van der Waals surface area contributed by atoms with E-state index in [4.69, 9.17) is 14.2 Å². The zero-order valence-corrected chi connectivity index (χ0v) is 16.6. The lowest BCUT2D eigenvalue weighted by Crippen LogP contribution is -2.27. The van der Waals surface area contributed by atoms with Gasteiger partial charge >= 0.3 is 0 Å². The number of aromatic hydroxyl groups is 1. The number of ether oxygens (including phenoxy) is 3. The van der Waals surface area contributed by atoms with E-state index in [1.54, 1.807) is 38.5 Å². The number of carbonyl (C=O) groups is 1. The predicted molar refractivity (Wildman–Crippen MR) is 102 cm³/mol. The van der Waals surface area contributed by atoms with Crippen molar-refractivity contribution in [1.29, 1.82) is 0 Å². The molecule has 0 spiro atoms. The van der Waals surface area contributed by atoms with Gasteiger partial charge in [-0.3, -0.25) is 4.79 Å². The van der Waals surface area contributed by atoms with E-state index in [9.17, 15) is 9.90 Å². The van der Waals surface area contributed by atoms with Gasteiger partial charge in [0.2, 0.25) is 5.91 Å². The Morgan fingerprint density at radius 3 is 2.46 bits per heavy atom. The van der Waals surface area contributed by atoms with Crippen molar-refractivity contribution in [2.24, 2.45) is 0 Å². The van der Waals surface area contributed by atoms with Crippen molar-refractivity contribution in [1.82, 2.24) is 5.32 Å². The maximum Gasteiger partial charge on any atom is 0.224 e. The zero-order chi connectivity index (χ0) is 19.1. The maximum absolute atomic E-state index is 12.2. The molecule has 26 heavy (non-hydrogen) atoms. The number of phenolic OH excluding ortho intramolecular Hbond substituents is 1. The first-order valence-electron chi connectivity index (χ1n) is 8.02. The van der Waals surface area contributed by atoms with Gasteiger partial charge in [-0.1, -0.05) is 12.1 Å². The van der Waals surface area contributed by atoms with Gasteiger partial charge < -0.3 is 24.6 Å². The van der Waals surface area contributed by atoms with Crippen LogP contribution >= 0.6 is 15.9 Å². The molecular formula is C19H22BrNO5. The number of hydrogen-bond donors (Lipinski definition) is 2. The van der Waals surface area contributed by atoms with E-state index in [1.165, 1.54) is 7.11 Å². The van der Waals surface area contributed by atoms with E-state index in [0.29, 0.717) is 34.7 Å². The van der Waals surface area contributed by atoms with Gasteiger partial charge in [-0.2, -0.15) is 0 Å². The molecule has 7 heteroatoms. The molecule has 0 saturated carbocycles. The molecule has 0 aliphatic rings. The average molecular weight is 424 g/mol. The van der Waals surface area contributed by atoms with Gasteiger partial charge in [-0.05, 0) is 51.7 Å². The number of carbonyl (C=O) groups excluding carboxylic acids is 1. The van der Waals surface area contributed by atoms with Gasteiger partial charge in [0.05, 0.1) is 32.2 Å². The third-order valence-electron chi connectivity index (χ3n) is 3.90. The van der Waals surface area contributed by atoms with Crippen molar-refractivity contribution in [2.45, 2.75) is 12.8 Å². The fraction of sp³-hybridized carbons (Fsp3) is 0.316. The molecule has 0 aromatic heterocycles.